The number of anilines is 1. The predicted molar refractivity (Wildman–Crippen MR) is 94.3 cm³/mol. The van der Waals surface area contributed by atoms with E-state index in [1.165, 1.54) is 12.3 Å². The van der Waals surface area contributed by atoms with Gasteiger partial charge in [0.2, 0.25) is 0 Å². The van der Waals surface area contributed by atoms with Crippen molar-refractivity contribution in [1.82, 2.24) is 19.7 Å². The van der Waals surface area contributed by atoms with E-state index >= 15 is 0 Å². The maximum atomic E-state index is 12.6. The van der Waals surface area contributed by atoms with Crippen molar-refractivity contribution in [1.29, 1.82) is 0 Å². The van der Waals surface area contributed by atoms with Crippen molar-refractivity contribution in [2.75, 3.05) is 31.6 Å². The van der Waals surface area contributed by atoms with Crippen LogP contribution < -0.4 is 4.90 Å². The number of pyridine rings is 1. The summed E-state index contributed by atoms with van der Waals surface area (Å²) >= 11 is 0. The van der Waals surface area contributed by atoms with Gasteiger partial charge in [-0.1, -0.05) is 0 Å². The molecule has 1 saturated heterocycles. The molecule has 3 rings (SSSR count). The van der Waals surface area contributed by atoms with Crippen LogP contribution in [0.4, 0.5) is 18.9 Å². The van der Waals surface area contributed by atoms with Crippen molar-refractivity contribution in [3.8, 4) is 0 Å². The van der Waals surface area contributed by atoms with E-state index in [2.05, 4.69) is 10.1 Å². The molecule has 1 aliphatic heterocycles. The highest BCUT2D eigenvalue weighted by Crippen LogP contribution is 2.29. The number of alkyl halides is 3. The highest BCUT2D eigenvalue weighted by atomic mass is 19.4. The van der Waals surface area contributed by atoms with Gasteiger partial charge >= 0.3 is 6.18 Å². The number of piperidine rings is 1. The van der Waals surface area contributed by atoms with Crippen LogP contribution in [0, 0.1) is 5.92 Å². The van der Waals surface area contributed by atoms with Gasteiger partial charge in [-0.15, -0.1) is 0 Å². The lowest BCUT2D eigenvalue weighted by molar-refractivity contribution is -0.141. The van der Waals surface area contributed by atoms with Crippen LogP contribution in [0.2, 0.25) is 0 Å². The minimum Gasteiger partial charge on any atom is -0.370 e. The molecule has 0 aliphatic carbocycles. The van der Waals surface area contributed by atoms with Crippen LogP contribution >= 0.6 is 0 Å². The van der Waals surface area contributed by atoms with Gasteiger partial charge in [-0.3, -0.25) is 9.48 Å². The van der Waals surface area contributed by atoms with Gasteiger partial charge in [0.05, 0.1) is 23.6 Å². The molecule has 0 aromatic carbocycles. The number of rotatable bonds is 4. The Bertz CT molecular complexity index is 779. The zero-order chi connectivity index (χ0) is 19.6. The highest BCUT2D eigenvalue weighted by Gasteiger charge is 2.32. The Morgan fingerprint density at radius 1 is 1.26 bits per heavy atom. The Morgan fingerprint density at radius 2 is 1.96 bits per heavy atom. The molecule has 0 unspecified atom stereocenters. The number of aryl methyl sites for hydroxylation is 1. The average Bonchev–Trinajstić information content (AvgIpc) is 3.07. The number of carbonyl (C=O) groups is 1. The van der Waals surface area contributed by atoms with Gasteiger partial charge in [0.1, 0.15) is 5.69 Å². The zero-order valence-corrected chi connectivity index (χ0v) is 15.3. The monoisotopic (exact) mass is 381 g/mol. The van der Waals surface area contributed by atoms with Gasteiger partial charge in [-0.05, 0) is 30.9 Å². The minimum absolute atomic E-state index is 0.0579. The van der Waals surface area contributed by atoms with Crippen LogP contribution in [-0.2, 0) is 13.2 Å². The molecule has 0 N–H and O–H groups in total. The fourth-order valence-corrected chi connectivity index (χ4v) is 3.34. The maximum absolute atomic E-state index is 12.6. The number of aromatic nitrogens is 3. The quantitative estimate of drug-likeness (QED) is 0.817. The normalized spacial score (nSPS) is 15.8. The van der Waals surface area contributed by atoms with Crippen molar-refractivity contribution in [2.45, 2.75) is 19.0 Å². The fraction of sp³-hybridized carbons (Fsp3) is 0.500. The van der Waals surface area contributed by atoms with Crippen LogP contribution in [0.15, 0.2) is 30.7 Å². The summed E-state index contributed by atoms with van der Waals surface area (Å²) < 4.78 is 39.4. The molecular formula is C18H22F3N5O. The number of hydrogen-bond acceptors (Lipinski definition) is 4. The van der Waals surface area contributed by atoms with Crippen LogP contribution in [0.5, 0.6) is 0 Å². The van der Waals surface area contributed by atoms with Crippen molar-refractivity contribution in [3.05, 3.63) is 42.0 Å². The maximum Gasteiger partial charge on any atom is 0.433 e. The van der Waals surface area contributed by atoms with Gasteiger partial charge in [0, 0.05) is 39.9 Å². The first-order valence-corrected chi connectivity index (χ1v) is 8.76. The zero-order valence-electron chi connectivity index (χ0n) is 15.3. The van der Waals surface area contributed by atoms with Gasteiger partial charge in [-0.2, -0.15) is 18.3 Å². The van der Waals surface area contributed by atoms with Crippen molar-refractivity contribution >= 4 is 11.6 Å². The summed E-state index contributed by atoms with van der Waals surface area (Å²) in [5, 5.41) is 4.02. The van der Waals surface area contributed by atoms with Crippen LogP contribution in [0.25, 0.3) is 0 Å². The van der Waals surface area contributed by atoms with Crippen molar-refractivity contribution in [3.63, 3.8) is 0 Å². The van der Waals surface area contributed by atoms with Gasteiger partial charge in [0.15, 0.2) is 0 Å². The third-order valence-electron chi connectivity index (χ3n) is 4.85. The second-order valence-corrected chi connectivity index (χ2v) is 6.92. The molecule has 9 heteroatoms. The molecular weight excluding hydrogens is 359 g/mol. The number of hydrogen-bond donors (Lipinski definition) is 0. The van der Waals surface area contributed by atoms with E-state index in [1.54, 1.807) is 36.1 Å². The van der Waals surface area contributed by atoms with E-state index in [1.807, 2.05) is 4.90 Å². The average molecular weight is 381 g/mol. The number of carbonyl (C=O) groups excluding carboxylic acids is 1. The largest absolute Gasteiger partial charge is 0.433 e. The molecule has 0 bridgehead atoms. The molecule has 146 valence electrons. The topological polar surface area (TPSA) is 54.3 Å². The Kier molecular flexibility index (Phi) is 5.38. The minimum atomic E-state index is -4.42. The molecule has 1 fully saturated rings. The van der Waals surface area contributed by atoms with Crippen LogP contribution in [0.1, 0.15) is 28.9 Å². The molecule has 3 heterocycles. The summed E-state index contributed by atoms with van der Waals surface area (Å²) in [5.74, 6) is 0.298. The lowest BCUT2D eigenvalue weighted by Crippen LogP contribution is -2.39. The van der Waals surface area contributed by atoms with Gasteiger partial charge in [-0.25, -0.2) is 4.98 Å². The van der Waals surface area contributed by atoms with E-state index in [4.69, 9.17) is 0 Å². The Balaban J connectivity index is 1.52. The third-order valence-corrected chi connectivity index (χ3v) is 4.85. The smallest absolute Gasteiger partial charge is 0.370 e. The summed E-state index contributed by atoms with van der Waals surface area (Å²) in [6.07, 6.45) is 1.84. The molecule has 1 aliphatic rings. The molecule has 2 aromatic heterocycles. The Hall–Kier alpha value is -2.58. The second kappa shape index (κ2) is 7.58. The number of nitrogens with zero attached hydrogens (tertiary/aromatic N) is 5. The molecule has 2 aromatic rings. The van der Waals surface area contributed by atoms with E-state index in [-0.39, 0.29) is 5.91 Å². The molecule has 27 heavy (non-hydrogen) atoms. The SMILES string of the molecule is CN(CC1CCN(c2ccc(C(F)(F)F)nc2)CC1)C(=O)c1cnn(C)c1. The lowest BCUT2D eigenvalue weighted by atomic mass is 9.96. The molecule has 6 nitrogen and oxygen atoms in total. The van der Waals surface area contributed by atoms with Gasteiger partial charge < -0.3 is 9.80 Å². The Labute approximate surface area is 155 Å². The molecule has 0 spiro atoms. The van der Waals surface area contributed by atoms with Gasteiger partial charge in [0.25, 0.3) is 5.91 Å². The van der Waals surface area contributed by atoms with E-state index in [0.29, 0.717) is 23.7 Å². The molecule has 0 atom stereocenters. The summed E-state index contributed by atoms with van der Waals surface area (Å²) in [7, 11) is 3.55. The first-order valence-electron chi connectivity index (χ1n) is 8.76. The fourth-order valence-electron chi connectivity index (χ4n) is 3.34. The van der Waals surface area contributed by atoms with E-state index < -0.39 is 11.9 Å². The highest BCUT2D eigenvalue weighted by molar-refractivity contribution is 5.93. The summed E-state index contributed by atoms with van der Waals surface area (Å²) in [6, 6.07) is 2.48. The lowest BCUT2D eigenvalue weighted by Gasteiger charge is -2.35. The first kappa shape index (κ1) is 19.2. The van der Waals surface area contributed by atoms with Crippen molar-refractivity contribution in [2.24, 2.45) is 13.0 Å². The summed E-state index contributed by atoms with van der Waals surface area (Å²) in [4.78, 5) is 19.7. The Morgan fingerprint density at radius 3 is 2.48 bits per heavy atom. The summed E-state index contributed by atoms with van der Waals surface area (Å²) in [5.41, 5.74) is 0.381. The number of amides is 1. The third kappa shape index (κ3) is 4.58. The van der Waals surface area contributed by atoms with Crippen molar-refractivity contribution < 1.29 is 18.0 Å². The molecule has 0 saturated carbocycles. The predicted octanol–water partition coefficient (Wildman–Crippen LogP) is 2.82. The second-order valence-electron chi connectivity index (χ2n) is 6.92. The molecule has 1 amide bonds. The molecule has 0 radical (unpaired) electrons. The standard InChI is InChI=1S/C18H22F3N5O/c1-24(17(27)14-9-23-25(2)12-14)11-13-5-7-26(8-6-13)15-3-4-16(22-10-15)18(19,20)21/h3-4,9-10,12-13H,5-8,11H2,1-2H3. The number of halogens is 3. The summed E-state index contributed by atoms with van der Waals surface area (Å²) in [6.45, 7) is 2.10. The van der Waals surface area contributed by atoms with Crippen LogP contribution in [-0.4, -0.2) is 52.3 Å². The van der Waals surface area contributed by atoms with E-state index in [9.17, 15) is 18.0 Å². The van der Waals surface area contributed by atoms with Crippen LogP contribution in [0.3, 0.4) is 0 Å². The first-order chi connectivity index (χ1) is 12.7. The van der Waals surface area contributed by atoms with E-state index in [0.717, 1.165) is 32.0 Å².